The van der Waals surface area contributed by atoms with Crippen LogP contribution in [-0.2, 0) is 20.9 Å². The van der Waals surface area contributed by atoms with E-state index in [0.717, 1.165) is 18.4 Å². The van der Waals surface area contributed by atoms with Gasteiger partial charge in [-0.2, -0.15) is 5.48 Å². The van der Waals surface area contributed by atoms with Crippen LogP contribution in [0.25, 0.3) is 0 Å². The summed E-state index contributed by atoms with van der Waals surface area (Å²) in [5.74, 6) is 0. The molecule has 0 aliphatic carbocycles. The average Bonchev–Trinajstić information content (AvgIpc) is 2.49. The Morgan fingerprint density at radius 3 is 2.85 bits per heavy atom. The van der Waals surface area contributed by atoms with E-state index in [2.05, 4.69) is 10.8 Å². The molecule has 1 aromatic rings. The van der Waals surface area contributed by atoms with Gasteiger partial charge in [0.15, 0.2) is 0 Å². The maximum atomic E-state index is 11.6. The minimum Gasteiger partial charge on any atom is -0.434 e. The molecule has 0 unspecified atom stereocenters. The van der Waals surface area contributed by atoms with Crippen LogP contribution in [0.5, 0.6) is 0 Å². The zero-order valence-electron chi connectivity index (χ0n) is 11.7. The second kappa shape index (κ2) is 8.16. The van der Waals surface area contributed by atoms with Gasteiger partial charge in [-0.3, -0.25) is 4.84 Å². The SMILES string of the molecule is CO[B]C(=O)[C@@H]1CC[C@@H](NOCc2ccccc2)CN1. The summed E-state index contributed by atoms with van der Waals surface area (Å²) in [4.78, 5) is 17.1. The van der Waals surface area contributed by atoms with Crippen LogP contribution in [0.4, 0.5) is 0 Å². The third-order valence-corrected chi connectivity index (χ3v) is 3.32. The molecule has 0 aromatic heterocycles. The van der Waals surface area contributed by atoms with Crippen LogP contribution >= 0.6 is 0 Å². The number of hydroxylamine groups is 1. The van der Waals surface area contributed by atoms with Gasteiger partial charge in [0.2, 0.25) is 0 Å². The highest BCUT2D eigenvalue weighted by molar-refractivity contribution is 6.70. The van der Waals surface area contributed by atoms with Crippen molar-refractivity contribution in [1.82, 2.24) is 10.8 Å². The molecule has 2 N–H and O–H groups in total. The molecule has 1 heterocycles. The van der Waals surface area contributed by atoms with Crippen LogP contribution in [0.3, 0.4) is 0 Å². The molecular weight excluding hydrogens is 255 g/mol. The van der Waals surface area contributed by atoms with Gasteiger partial charge >= 0.3 is 7.48 Å². The zero-order chi connectivity index (χ0) is 14.2. The highest BCUT2D eigenvalue weighted by Crippen LogP contribution is 2.09. The number of nitrogens with one attached hydrogen (secondary N) is 2. The van der Waals surface area contributed by atoms with Gasteiger partial charge in [-0.25, -0.2) is 0 Å². The Bertz CT molecular complexity index is 408. The van der Waals surface area contributed by atoms with Crippen molar-refractivity contribution in [3.8, 4) is 0 Å². The van der Waals surface area contributed by atoms with Crippen LogP contribution in [0.1, 0.15) is 18.4 Å². The summed E-state index contributed by atoms with van der Waals surface area (Å²) >= 11 is 0. The second-order valence-electron chi connectivity index (χ2n) is 4.88. The Morgan fingerprint density at radius 2 is 2.20 bits per heavy atom. The summed E-state index contributed by atoms with van der Waals surface area (Å²) in [5, 5.41) is 3.20. The lowest BCUT2D eigenvalue weighted by Crippen LogP contribution is -2.51. The van der Waals surface area contributed by atoms with E-state index in [9.17, 15) is 4.79 Å². The minimum absolute atomic E-state index is 0.00356. The molecule has 2 atom stereocenters. The number of carbonyl (C=O) groups excluding carboxylic acids is 1. The second-order valence-corrected chi connectivity index (χ2v) is 4.88. The van der Waals surface area contributed by atoms with Crippen molar-refractivity contribution in [2.24, 2.45) is 0 Å². The lowest BCUT2D eigenvalue weighted by atomic mass is 9.83. The molecule has 1 fully saturated rings. The molecule has 6 heteroatoms. The van der Waals surface area contributed by atoms with E-state index < -0.39 is 0 Å². The topological polar surface area (TPSA) is 59.6 Å². The third kappa shape index (κ3) is 4.72. The van der Waals surface area contributed by atoms with Crippen molar-refractivity contribution in [2.45, 2.75) is 31.5 Å². The van der Waals surface area contributed by atoms with E-state index in [1.165, 1.54) is 14.6 Å². The monoisotopic (exact) mass is 275 g/mol. The van der Waals surface area contributed by atoms with E-state index in [1.54, 1.807) is 0 Å². The normalized spacial score (nSPS) is 22.4. The van der Waals surface area contributed by atoms with Crippen molar-refractivity contribution in [2.75, 3.05) is 13.7 Å². The first-order valence-electron chi connectivity index (χ1n) is 6.84. The number of rotatable bonds is 7. The van der Waals surface area contributed by atoms with Gasteiger partial charge in [0, 0.05) is 19.7 Å². The first-order valence-corrected chi connectivity index (χ1v) is 6.84. The van der Waals surface area contributed by atoms with Gasteiger partial charge in [0.05, 0.1) is 12.6 Å². The summed E-state index contributed by atoms with van der Waals surface area (Å²) in [6.45, 7) is 1.25. The van der Waals surface area contributed by atoms with E-state index >= 15 is 0 Å². The van der Waals surface area contributed by atoms with E-state index in [-0.39, 0.29) is 17.8 Å². The molecule has 107 valence electrons. The lowest BCUT2D eigenvalue weighted by molar-refractivity contribution is -0.115. The number of carbonyl (C=O) groups is 1. The Kier molecular flexibility index (Phi) is 6.20. The smallest absolute Gasteiger partial charge is 0.378 e. The molecule has 5 nitrogen and oxygen atoms in total. The summed E-state index contributed by atoms with van der Waals surface area (Å²) in [7, 11) is 2.75. The van der Waals surface area contributed by atoms with Crippen molar-refractivity contribution >= 4 is 13.2 Å². The van der Waals surface area contributed by atoms with Crippen molar-refractivity contribution in [1.29, 1.82) is 0 Å². The van der Waals surface area contributed by atoms with Crippen LogP contribution in [0.2, 0.25) is 0 Å². The van der Waals surface area contributed by atoms with Gasteiger partial charge in [-0.05, 0) is 18.4 Å². The first-order chi connectivity index (χ1) is 9.79. The predicted molar refractivity (Wildman–Crippen MR) is 76.9 cm³/mol. The maximum Gasteiger partial charge on any atom is 0.378 e. The van der Waals surface area contributed by atoms with Crippen LogP contribution < -0.4 is 10.8 Å². The Morgan fingerprint density at radius 1 is 1.40 bits per heavy atom. The molecule has 0 amide bonds. The Labute approximate surface area is 120 Å². The Balaban J connectivity index is 1.63. The van der Waals surface area contributed by atoms with Crippen LogP contribution in [-0.4, -0.2) is 38.9 Å². The van der Waals surface area contributed by atoms with Gasteiger partial charge < -0.3 is 14.8 Å². The quantitative estimate of drug-likeness (QED) is 0.564. The van der Waals surface area contributed by atoms with Gasteiger partial charge in [0.1, 0.15) is 5.68 Å². The molecular formula is C14H20BN2O3. The highest BCUT2D eigenvalue weighted by Gasteiger charge is 2.26. The first kappa shape index (κ1) is 15.2. The van der Waals surface area contributed by atoms with Gasteiger partial charge in [-0.1, -0.05) is 30.3 Å². The molecule has 2 rings (SSSR count). The fourth-order valence-electron chi connectivity index (χ4n) is 2.22. The predicted octanol–water partition coefficient (Wildman–Crippen LogP) is 0.621. The zero-order valence-corrected chi connectivity index (χ0v) is 11.7. The molecule has 0 spiro atoms. The fraction of sp³-hybridized carbons (Fsp3) is 0.500. The number of piperidine rings is 1. The van der Waals surface area contributed by atoms with Crippen molar-refractivity contribution in [3.63, 3.8) is 0 Å². The average molecular weight is 275 g/mol. The molecule has 1 saturated heterocycles. The molecule has 1 aliphatic rings. The summed E-state index contributed by atoms with van der Waals surface area (Å²) in [5.41, 5.74) is 4.17. The van der Waals surface area contributed by atoms with E-state index in [1.807, 2.05) is 30.3 Å². The molecule has 0 bridgehead atoms. The Hall–Kier alpha value is -1.21. The van der Waals surface area contributed by atoms with Crippen molar-refractivity contribution in [3.05, 3.63) is 35.9 Å². The molecule has 1 aromatic carbocycles. The minimum atomic E-state index is -0.137. The fourth-order valence-corrected chi connectivity index (χ4v) is 2.22. The van der Waals surface area contributed by atoms with Crippen LogP contribution in [0, 0.1) is 0 Å². The standard InChI is InChI=1S/C14H20BN2O3/c1-19-15-14(18)13-8-7-12(9-16-13)17-20-10-11-5-3-2-4-6-11/h2-6,12-13,16-17H,7-10H2,1H3/t12-,13+/m1/s1. The molecule has 1 aliphatic heterocycles. The summed E-state index contributed by atoms with van der Waals surface area (Å²) in [6, 6.07) is 10.1. The maximum absolute atomic E-state index is 11.6. The molecule has 1 radical (unpaired) electrons. The third-order valence-electron chi connectivity index (χ3n) is 3.32. The molecule has 20 heavy (non-hydrogen) atoms. The lowest BCUT2D eigenvalue weighted by Gasteiger charge is -2.29. The summed E-state index contributed by atoms with van der Waals surface area (Å²) < 4.78 is 4.74. The van der Waals surface area contributed by atoms with E-state index in [4.69, 9.17) is 9.49 Å². The van der Waals surface area contributed by atoms with E-state index in [0.29, 0.717) is 13.2 Å². The van der Waals surface area contributed by atoms with Crippen LogP contribution in [0.15, 0.2) is 30.3 Å². The highest BCUT2D eigenvalue weighted by atomic mass is 16.6. The largest absolute Gasteiger partial charge is 0.434 e. The summed E-state index contributed by atoms with van der Waals surface area (Å²) in [6.07, 6.45) is 1.68. The van der Waals surface area contributed by atoms with Gasteiger partial charge in [-0.15, -0.1) is 0 Å². The van der Waals surface area contributed by atoms with Crippen molar-refractivity contribution < 1.29 is 14.3 Å². The number of hydrogen-bond acceptors (Lipinski definition) is 5. The number of hydrogen-bond donors (Lipinski definition) is 2. The van der Waals surface area contributed by atoms with Gasteiger partial charge in [0.25, 0.3) is 0 Å². The number of benzene rings is 1. The molecule has 0 saturated carbocycles.